The monoisotopic (exact) mass is 363 g/mol. The maximum Gasteiger partial charge on any atom is 0.224 e. The van der Waals surface area contributed by atoms with E-state index in [1.54, 1.807) is 0 Å². The summed E-state index contributed by atoms with van der Waals surface area (Å²) in [4.78, 5) is 15.0. The number of rotatable bonds is 4. The Labute approximate surface area is 161 Å². The molecule has 3 saturated carbocycles. The van der Waals surface area contributed by atoms with Crippen LogP contribution in [0.5, 0.6) is 0 Å². The molecule has 2 aromatic rings. The molecule has 27 heavy (non-hydrogen) atoms. The zero-order chi connectivity index (χ0) is 18.6. The Morgan fingerprint density at radius 3 is 2.56 bits per heavy atom. The number of hydrogen-bond donors (Lipinski definition) is 1. The predicted molar refractivity (Wildman–Crippen MR) is 109 cm³/mol. The second kappa shape index (κ2) is 6.15. The Kier molecular flexibility index (Phi) is 3.85. The van der Waals surface area contributed by atoms with E-state index in [-0.39, 0.29) is 5.91 Å². The summed E-state index contributed by atoms with van der Waals surface area (Å²) in [5, 5.41) is 3.22. The van der Waals surface area contributed by atoms with E-state index in [9.17, 15) is 4.79 Å². The number of benzene rings is 1. The molecule has 3 aliphatic carbocycles. The molecule has 3 fully saturated rings. The normalized spacial score (nSPS) is 25.9. The molecule has 0 spiro atoms. The fraction of sp³-hybridized carbons (Fsp3) is 0.522. The van der Waals surface area contributed by atoms with Gasteiger partial charge in [-0.2, -0.15) is 0 Å². The Hall–Kier alpha value is -2.23. The van der Waals surface area contributed by atoms with Crippen LogP contribution in [0.15, 0.2) is 30.5 Å². The fourth-order valence-corrected chi connectivity index (χ4v) is 5.46. The van der Waals surface area contributed by atoms with Crippen molar-refractivity contribution in [2.75, 3.05) is 23.3 Å². The molecule has 2 bridgehead atoms. The highest BCUT2D eigenvalue weighted by molar-refractivity contribution is 5.93. The van der Waals surface area contributed by atoms with Crippen LogP contribution in [0.4, 0.5) is 11.4 Å². The number of fused-ring (bicyclic) bond motifs is 1. The Bertz CT molecular complexity index is 834. The van der Waals surface area contributed by atoms with E-state index in [0.29, 0.717) is 11.8 Å². The van der Waals surface area contributed by atoms with E-state index in [0.717, 1.165) is 37.7 Å². The molecule has 4 nitrogen and oxygen atoms in total. The van der Waals surface area contributed by atoms with Crippen molar-refractivity contribution in [3.8, 4) is 0 Å². The van der Waals surface area contributed by atoms with E-state index in [2.05, 4.69) is 59.1 Å². The fourth-order valence-electron chi connectivity index (χ4n) is 5.46. The van der Waals surface area contributed by atoms with Crippen molar-refractivity contribution in [2.24, 2.45) is 11.3 Å². The third-order valence-electron chi connectivity index (χ3n) is 7.02. The lowest BCUT2D eigenvalue weighted by Crippen LogP contribution is -2.53. The van der Waals surface area contributed by atoms with E-state index in [4.69, 9.17) is 0 Å². The van der Waals surface area contributed by atoms with E-state index >= 15 is 0 Å². The lowest BCUT2D eigenvalue weighted by molar-refractivity contribution is -0.139. The summed E-state index contributed by atoms with van der Waals surface area (Å²) in [5.74, 6) is 1.12. The van der Waals surface area contributed by atoms with Crippen LogP contribution in [0.2, 0.25) is 0 Å². The Morgan fingerprint density at radius 2 is 1.89 bits per heavy atom. The molecule has 6 rings (SSSR count). The molecule has 0 unspecified atom stereocenters. The van der Waals surface area contributed by atoms with Gasteiger partial charge in [-0.15, -0.1) is 0 Å². The summed E-state index contributed by atoms with van der Waals surface area (Å²) >= 11 is 0. The maximum absolute atomic E-state index is 12.6. The molecule has 2 heterocycles. The summed E-state index contributed by atoms with van der Waals surface area (Å²) < 4.78 is 2.36. The Morgan fingerprint density at radius 1 is 1.15 bits per heavy atom. The minimum atomic E-state index is 0.196. The molecule has 1 N–H and O–H groups in total. The third kappa shape index (κ3) is 2.95. The van der Waals surface area contributed by atoms with Crippen molar-refractivity contribution in [1.82, 2.24) is 4.57 Å². The Balaban J connectivity index is 1.29. The van der Waals surface area contributed by atoms with Gasteiger partial charge >= 0.3 is 0 Å². The highest BCUT2D eigenvalue weighted by atomic mass is 16.1. The molecule has 0 radical (unpaired) electrons. The quantitative estimate of drug-likeness (QED) is 0.879. The number of aromatic nitrogens is 1. The molecule has 1 amide bonds. The third-order valence-corrected chi connectivity index (χ3v) is 7.02. The van der Waals surface area contributed by atoms with Crippen LogP contribution in [0, 0.1) is 25.2 Å². The average Bonchev–Trinajstić information content (AvgIpc) is 2.91. The van der Waals surface area contributed by atoms with Gasteiger partial charge in [-0.25, -0.2) is 0 Å². The summed E-state index contributed by atoms with van der Waals surface area (Å²) in [5.41, 5.74) is 6.40. The van der Waals surface area contributed by atoms with E-state index < -0.39 is 0 Å². The lowest BCUT2D eigenvalue weighted by Gasteiger charge is -2.61. The second-order valence-corrected chi connectivity index (χ2v) is 9.09. The summed E-state index contributed by atoms with van der Waals surface area (Å²) in [6, 6.07) is 8.85. The molecular weight excluding hydrogens is 334 g/mol. The molecule has 4 aliphatic rings. The summed E-state index contributed by atoms with van der Waals surface area (Å²) in [6.45, 7) is 7.33. The number of aryl methyl sites for hydroxylation is 2. The van der Waals surface area contributed by atoms with Gasteiger partial charge in [-0.3, -0.25) is 4.79 Å². The van der Waals surface area contributed by atoms with Gasteiger partial charge in [-0.1, -0.05) is 0 Å². The van der Waals surface area contributed by atoms with Crippen LogP contribution in [0.1, 0.15) is 42.5 Å². The zero-order valence-corrected chi connectivity index (χ0v) is 16.4. The largest absolute Gasteiger partial charge is 0.369 e. The number of hydrogen-bond acceptors (Lipinski definition) is 2. The number of nitrogens with zero attached hydrogens (tertiary/aromatic N) is 2. The molecule has 142 valence electrons. The number of anilines is 2. The van der Waals surface area contributed by atoms with Gasteiger partial charge in [0.05, 0.1) is 0 Å². The van der Waals surface area contributed by atoms with Crippen molar-refractivity contribution in [2.45, 2.75) is 52.5 Å². The first-order valence-corrected chi connectivity index (χ1v) is 10.3. The summed E-state index contributed by atoms with van der Waals surface area (Å²) in [6.07, 6.45) is 7.78. The van der Waals surface area contributed by atoms with Crippen molar-refractivity contribution >= 4 is 17.3 Å². The minimum Gasteiger partial charge on any atom is -0.369 e. The van der Waals surface area contributed by atoms with Gasteiger partial charge in [0.1, 0.15) is 0 Å². The van der Waals surface area contributed by atoms with Crippen LogP contribution < -0.4 is 10.2 Å². The van der Waals surface area contributed by atoms with Gasteiger partial charge in [0.25, 0.3) is 0 Å². The lowest BCUT2D eigenvalue weighted by atomic mass is 9.43. The molecule has 0 atom stereocenters. The van der Waals surface area contributed by atoms with Crippen molar-refractivity contribution < 1.29 is 4.79 Å². The van der Waals surface area contributed by atoms with Crippen LogP contribution >= 0.6 is 0 Å². The van der Waals surface area contributed by atoms with Crippen LogP contribution in [0.3, 0.4) is 0 Å². The van der Waals surface area contributed by atoms with Gasteiger partial charge in [-0.05, 0) is 79.8 Å². The molecule has 1 aromatic carbocycles. The first kappa shape index (κ1) is 16.9. The topological polar surface area (TPSA) is 37.3 Å². The highest BCUT2D eigenvalue weighted by Gasteiger charge is 2.56. The first-order valence-electron chi connectivity index (χ1n) is 10.3. The van der Waals surface area contributed by atoms with Crippen molar-refractivity contribution in [3.63, 3.8) is 0 Å². The van der Waals surface area contributed by atoms with Crippen molar-refractivity contribution in [3.05, 3.63) is 47.3 Å². The number of carbonyl (C=O) groups excluding carboxylic acids is 1. The zero-order valence-electron chi connectivity index (χ0n) is 16.4. The van der Waals surface area contributed by atoms with Crippen LogP contribution in [0.25, 0.3) is 0 Å². The predicted octanol–water partition coefficient (Wildman–Crippen LogP) is 4.30. The second-order valence-electron chi connectivity index (χ2n) is 9.09. The number of amides is 1. The SMILES string of the molecule is Cc1cc(N2CCc3cccn3CC2)cc(C)c1NC(=O)CC12CC(C1)C2. The van der Waals surface area contributed by atoms with E-state index in [1.807, 2.05) is 0 Å². The number of carbonyl (C=O) groups is 1. The summed E-state index contributed by atoms with van der Waals surface area (Å²) in [7, 11) is 0. The maximum atomic E-state index is 12.6. The van der Waals surface area contributed by atoms with Gasteiger partial charge < -0.3 is 14.8 Å². The number of nitrogens with one attached hydrogen (secondary N) is 1. The van der Waals surface area contributed by atoms with E-state index in [1.165, 1.54) is 41.8 Å². The highest BCUT2D eigenvalue weighted by Crippen LogP contribution is 2.66. The van der Waals surface area contributed by atoms with Gasteiger partial charge in [0.15, 0.2) is 0 Å². The smallest absolute Gasteiger partial charge is 0.224 e. The standard InChI is InChI=1S/C23H29N3O/c1-16-10-20(26-7-5-19-4-3-6-25(19)8-9-26)11-17(2)22(16)24-21(27)15-23-12-18(13-23)14-23/h3-4,6,10-11,18H,5,7-9,12-15H2,1-2H3,(H,24,27). The molecule has 4 heteroatoms. The average molecular weight is 364 g/mol. The molecule has 1 aliphatic heterocycles. The van der Waals surface area contributed by atoms with Gasteiger partial charge in [0.2, 0.25) is 5.91 Å². The molecular formula is C23H29N3O. The van der Waals surface area contributed by atoms with Gasteiger partial charge in [0, 0.05) is 55.7 Å². The minimum absolute atomic E-state index is 0.196. The van der Waals surface area contributed by atoms with Crippen LogP contribution in [-0.2, 0) is 17.8 Å². The van der Waals surface area contributed by atoms with Crippen molar-refractivity contribution in [1.29, 1.82) is 0 Å². The first-order chi connectivity index (χ1) is 13.0. The van der Waals surface area contributed by atoms with Crippen LogP contribution in [-0.4, -0.2) is 23.6 Å². The molecule has 0 saturated heterocycles. The molecule has 1 aromatic heterocycles.